The van der Waals surface area contributed by atoms with Crippen molar-refractivity contribution in [1.29, 1.82) is 0 Å². The molecule has 20 heteroatoms. The molecule has 7 N–H and O–H groups in total. The number of nitrogens with zero attached hydrogens (tertiary/aromatic N) is 5. The molecule has 1 saturated heterocycles. The summed E-state index contributed by atoms with van der Waals surface area (Å²) in [4.78, 5) is 91.1. The normalized spacial score (nSPS) is 16.2. The second-order valence-corrected chi connectivity index (χ2v) is 12.4. The molecule has 0 aromatic rings. The van der Waals surface area contributed by atoms with Gasteiger partial charge in [-0.3, -0.25) is 33.8 Å². The first-order valence-corrected chi connectivity index (χ1v) is 17.0. The lowest BCUT2D eigenvalue weighted by Crippen LogP contribution is -2.47. The van der Waals surface area contributed by atoms with E-state index in [2.05, 4.69) is 25.8 Å². The molecular weight excluding hydrogens is 676 g/mol. The van der Waals surface area contributed by atoms with E-state index in [9.17, 15) is 43.8 Å². The highest BCUT2D eigenvalue weighted by Crippen LogP contribution is 2.02. The van der Waals surface area contributed by atoms with Gasteiger partial charge in [-0.2, -0.15) is 0 Å². The monoisotopic (exact) mass is 732 g/mol. The summed E-state index contributed by atoms with van der Waals surface area (Å²) in [6.07, 6.45) is 0.709. The number of hydrogen-bond acceptors (Lipinski definition) is 12. The Hall–Kier alpha value is -4.11. The van der Waals surface area contributed by atoms with Crippen LogP contribution in [0.4, 0.5) is 4.79 Å². The van der Waals surface area contributed by atoms with Gasteiger partial charge in [0.2, 0.25) is 11.8 Å². The van der Waals surface area contributed by atoms with Crippen LogP contribution in [0.1, 0.15) is 32.1 Å². The topological polar surface area (TPSA) is 262 Å². The number of amides is 4. The van der Waals surface area contributed by atoms with Crippen LogP contribution in [0, 0.1) is 0 Å². The van der Waals surface area contributed by atoms with E-state index >= 15 is 0 Å². The first-order chi connectivity index (χ1) is 24.2. The number of carboxylic acid groups (broad SMARTS) is 4. The molecular formula is C31H56N8O12. The maximum Gasteiger partial charge on any atom is 0.326 e. The molecule has 1 atom stereocenters. The van der Waals surface area contributed by atoms with Crippen LogP contribution < -0.4 is 16.0 Å². The van der Waals surface area contributed by atoms with Gasteiger partial charge in [-0.05, 0) is 39.8 Å². The third-order valence-electron chi connectivity index (χ3n) is 8.03. The Morgan fingerprint density at radius 1 is 0.706 bits per heavy atom. The lowest BCUT2D eigenvalue weighted by molar-refractivity contribution is -0.146. The Kier molecular flexibility index (Phi) is 22.7. The van der Waals surface area contributed by atoms with E-state index in [0.717, 1.165) is 31.1 Å². The minimum absolute atomic E-state index is 0.0216. The number of carboxylic acids is 4. The molecule has 4 amide bonds. The Bertz CT molecular complexity index is 1130. The average Bonchev–Trinajstić information content (AvgIpc) is 3.05. The fourth-order valence-corrected chi connectivity index (χ4v) is 4.97. The molecule has 0 spiro atoms. The van der Waals surface area contributed by atoms with Gasteiger partial charge in [-0.15, -0.1) is 0 Å². The van der Waals surface area contributed by atoms with E-state index in [0.29, 0.717) is 45.4 Å². The van der Waals surface area contributed by atoms with Crippen LogP contribution in [0.2, 0.25) is 0 Å². The Morgan fingerprint density at radius 2 is 1.29 bits per heavy atom. The molecule has 1 fully saturated rings. The van der Waals surface area contributed by atoms with Gasteiger partial charge < -0.3 is 55.8 Å². The van der Waals surface area contributed by atoms with Crippen molar-refractivity contribution in [2.24, 2.45) is 0 Å². The number of urea groups is 1. The highest BCUT2D eigenvalue weighted by Gasteiger charge is 2.21. The van der Waals surface area contributed by atoms with Crippen molar-refractivity contribution in [1.82, 2.24) is 40.4 Å². The number of unbranched alkanes of at least 4 members (excludes halogenated alkanes) is 2. The first kappa shape index (κ1) is 44.9. The number of likely N-dealkylation sites (N-methyl/N-ethyl adjacent to an activating group) is 2. The van der Waals surface area contributed by atoms with Crippen molar-refractivity contribution < 1.29 is 58.7 Å². The van der Waals surface area contributed by atoms with Crippen molar-refractivity contribution >= 4 is 41.7 Å². The molecule has 0 unspecified atom stereocenters. The van der Waals surface area contributed by atoms with Gasteiger partial charge in [-0.25, -0.2) is 9.59 Å². The van der Waals surface area contributed by atoms with E-state index in [1.54, 1.807) is 0 Å². The van der Waals surface area contributed by atoms with Crippen LogP contribution in [-0.2, 0) is 33.5 Å². The second-order valence-electron chi connectivity index (χ2n) is 12.4. The summed E-state index contributed by atoms with van der Waals surface area (Å²) >= 11 is 0. The van der Waals surface area contributed by atoms with Crippen LogP contribution in [0.5, 0.6) is 0 Å². The van der Waals surface area contributed by atoms with Gasteiger partial charge in [0.05, 0.1) is 19.7 Å². The minimum atomic E-state index is -1.35. The first-order valence-electron chi connectivity index (χ1n) is 17.0. The lowest BCUT2D eigenvalue weighted by atomic mass is 10.1. The number of nitrogens with one attached hydrogen (secondary N) is 3. The summed E-state index contributed by atoms with van der Waals surface area (Å²) in [6, 6.07) is -2.11. The zero-order valence-corrected chi connectivity index (χ0v) is 29.7. The Morgan fingerprint density at radius 3 is 1.86 bits per heavy atom. The van der Waals surface area contributed by atoms with Crippen molar-refractivity contribution in [3.63, 3.8) is 0 Å². The highest BCUT2D eigenvalue weighted by atomic mass is 16.5. The molecule has 292 valence electrons. The van der Waals surface area contributed by atoms with Crippen molar-refractivity contribution in [3.05, 3.63) is 0 Å². The predicted octanol–water partition coefficient (Wildman–Crippen LogP) is -2.61. The van der Waals surface area contributed by atoms with Gasteiger partial charge >= 0.3 is 29.9 Å². The maximum absolute atomic E-state index is 12.7. The molecule has 51 heavy (non-hydrogen) atoms. The fraction of sp³-hybridized carbons (Fsp3) is 0.774. The van der Waals surface area contributed by atoms with Gasteiger partial charge in [0.25, 0.3) is 0 Å². The van der Waals surface area contributed by atoms with Crippen LogP contribution >= 0.6 is 0 Å². The highest BCUT2D eigenvalue weighted by molar-refractivity contribution is 5.83. The van der Waals surface area contributed by atoms with Gasteiger partial charge in [0.15, 0.2) is 0 Å². The maximum atomic E-state index is 12.7. The molecule has 0 radical (unpaired) electrons. The summed E-state index contributed by atoms with van der Waals surface area (Å²) in [5.74, 6) is -5.42. The van der Waals surface area contributed by atoms with Crippen LogP contribution in [0.3, 0.4) is 0 Å². The number of carbonyl (C=O) groups is 7. The summed E-state index contributed by atoms with van der Waals surface area (Å²) in [5, 5.41) is 43.8. The number of rotatable bonds is 22. The fourth-order valence-electron chi connectivity index (χ4n) is 4.97. The van der Waals surface area contributed by atoms with E-state index < -0.39 is 54.8 Å². The van der Waals surface area contributed by atoms with Gasteiger partial charge in [-0.1, -0.05) is 0 Å². The van der Waals surface area contributed by atoms with E-state index in [4.69, 9.17) is 14.9 Å². The molecule has 0 aromatic heterocycles. The minimum Gasteiger partial charge on any atom is -0.481 e. The smallest absolute Gasteiger partial charge is 0.326 e. The van der Waals surface area contributed by atoms with Crippen molar-refractivity contribution in [2.75, 3.05) is 119 Å². The average molecular weight is 733 g/mol. The molecule has 1 rings (SSSR count). The standard InChI is InChI=1S/C31H56N8O12/c1-35-11-12-36(2)14-16-38(21-28(44)45)18-17-37(15-13-35)20-25(40)32-9-19-51-23-26(41)39(22-29(46)47)10-5-3-4-8-33-31(50)34-24(30(48)49)6-7-27(42)43/h24H,3-23H2,1-2H3,(H,32,40)(H,42,43)(H,44,45)(H,46,47)(H,48,49)(H2,33,34,50)/t24-/m0/s1. The van der Waals surface area contributed by atoms with E-state index in [1.807, 2.05) is 23.9 Å². The van der Waals surface area contributed by atoms with Gasteiger partial charge in [0.1, 0.15) is 19.2 Å². The zero-order chi connectivity index (χ0) is 38.2. The third-order valence-corrected chi connectivity index (χ3v) is 8.03. The Labute approximate surface area is 298 Å². The van der Waals surface area contributed by atoms with Crippen LogP contribution in [0.25, 0.3) is 0 Å². The number of carbonyl (C=O) groups excluding carboxylic acids is 3. The SMILES string of the molecule is CN1CCN(C)CCN(CC(=O)NCCOCC(=O)N(CCCCCNC(=O)N[C@@H](CCC(=O)O)C(=O)O)CC(=O)O)CCN(CC(=O)O)CC1. The summed E-state index contributed by atoms with van der Waals surface area (Å²) in [6.45, 7) is 4.94. The van der Waals surface area contributed by atoms with Crippen LogP contribution in [0.15, 0.2) is 0 Å². The molecule has 1 aliphatic heterocycles. The molecule has 0 saturated carbocycles. The third kappa shape index (κ3) is 23.1. The Balaban J connectivity index is 2.42. The molecule has 20 nitrogen and oxygen atoms in total. The van der Waals surface area contributed by atoms with Crippen LogP contribution in [-0.4, -0.2) is 212 Å². The molecule has 0 bridgehead atoms. The summed E-state index contributed by atoms with van der Waals surface area (Å²) < 4.78 is 5.40. The second kappa shape index (κ2) is 25.8. The van der Waals surface area contributed by atoms with E-state index in [1.165, 1.54) is 0 Å². The summed E-state index contributed by atoms with van der Waals surface area (Å²) in [5.41, 5.74) is 0. The molecule has 1 aliphatic rings. The number of aliphatic carboxylic acids is 4. The number of ether oxygens (including phenoxy) is 1. The quantitative estimate of drug-likeness (QED) is 0.0562. The van der Waals surface area contributed by atoms with Gasteiger partial charge in [0, 0.05) is 78.4 Å². The zero-order valence-electron chi connectivity index (χ0n) is 29.7. The molecule has 1 heterocycles. The van der Waals surface area contributed by atoms with Crippen molar-refractivity contribution in [3.8, 4) is 0 Å². The predicted molar refractivity (Wildman–Crippen MR) is 182 cm³/mol. The number of hydrogen-bond donors (Lipinski definition) is 7. The molecule has 0 aromatic carbocycles. The lowest BCUT2D eigenvalue weighted by Gasteiger charge is -2.31. The molecule has 0 aliphatic carbocycles. The largest absolute Gasteiger partial charge is 0.481 e. The van der Waals surface area contributed by atoms with Crippen molar-refractivity contribution in [2.45, 2.75) is 38.1 Å². The van der Waals surface area contributed by atoms with E-state index in [-0.39, 0.29) is 58.3 Å². The summed E-state index contributed by atoms with van der Waals surface area (Å²) in [7, 11) is 4.03.